The minimum Gasteiger partial charge on any atom is -0.492 e. The standard InChI is InChI=1S/C22H18N2O4/c23-22(26)16-3-1-2-15(12-16)21(14-6-9-24-10-7-14)28-17-4-5-18-19(25)8-11-27-20(18)13-17/h1-7,9-10,12-13,21H,8,11H2,(H2,23,26). The monoisotopic (exact) mass is 374 g/mol. The first-order chi connectivity index (χ1) is 13.6. The zero-order valence-corrected chi connectivity index (χ0v) is 15.0. The molecule has 0 aliphatic carbocycles. The molecule has 140 valence electrons. The van der Waals surface area contributed by atoms with Gasteiger partial charge in [0.25, 0.3) is 0 Å². The van der Waals surface area contributed by atoms with Crippen molar-refractivity contribution in [3.63, 3.8) is 0 Å². The molecule has 1 atom stereocenters. The zero-order chi connectivity index (χ0) is 19.5. The van der Waals surface area contributed by atoms with Gasteiger partial charge in [0.15, 0.2) is 5.78 Å². The Balaban J connectivity index is 1.72. The van der Waals surface area contributed by atoms with E-state index in [9.17, 15) is 9.59 Å². The Bertz CT molecular complexity index is 1030. The summed E-state index contributed by atoms with van der Waals surface area (Å²) in [5, 5.41) is 0. The van der Waals surface area contributed by atoms with Crippen molar-refractivity contribution < 1.29 is 19.1 Å². The number of nitrogens with zero attached hydrogens (tertiary/aromatic N) is 1. The van der Waals surface area contributed by atoms with Gasteiger partial charge in [-0.1, -0.05) is 12.1 Å². The Morgan fingerprint density at radius 1 is 1.07 bits per heavy atom. The number of pyridine rings is 1. The van der Waals surface area contributed by atoms with Crippen LogP contribution in [0.1, 0.15) is 44.4 Å². The molecule has 1 aliphatic heterocycles. The predicted octanol–water partition coefficient (Wildman–Crippen LogP) is 3.31. The lowest BCUT2D eigenvalue weighted by Crippen LogP contribution is -2.16. The summed E-state index contributed by atoms with van der Waals surface area (Å²) in [5.74, 6) is 0.636. The van der Waals surface area contributed by atoms with Gasteiger partial charge in [0.05, 0.1) is 12.2 Å². The quantitative estimate of drug-likeness (QED) is 0.740. The summed E-state index contributed by atoms with van der Waals surface area (Å²) in [6, 6.07) is 15.9. The second kappa shape index (κ2) is 7.52. The fourth-order valence-electron chi connectivity index (χ4n) is 3.17. The number of fused-ring (bicyclic) bond motifs is 1. The molecule has 6 heteroatoms. The van der Waals surface area contributed by atoms with E-state index in [-0.39, 0.29) is 5.78 Å². The van der Waals surface area contributed by atoms with E-state index in [1.807, 2.05) is 18.2 Å². The van der Waals surface area contributed by atoms with Crippen LogP contribution in [0, 0.1) is 0 Å². The van der Waals surface area contributed by atoms with Crippen molar-refractivity contribution in [2.45, 2.75) is 12.5 Å². The first-order valence-corrected chi connectivity index (χ1v) is 8.88. The molecule has 1 aromatic heterocycles. The number of primary amides is 1. The fraction of sp³-hybridized carbons (Fsp3) is 0.136. The fourth-order valence-corrected chi connectivity index (χ4v) is 3.17. The lowest BCUT2D eigenvalue weighted by molar-refractivity contribution is 0.0932. The summed E-state index contributed by atoms with van der Waals surface area (Å²) < 4.78 is 11.9. The van der Waals surface area contributed by atoms with E-state index in [4.69, 9.17) is 15.2 Å². The van der Waals surface area contributed by atoms with Crippen molar-refractivity contribution in [1.29, 1.82) is 0 Å². The zero-order valence-electron chi connectivity index (χ0n) is 15.0. The van der Waals surface area contributed by atoms with Crippen molar-refractivity contribution in [3.05, 3.63) is 89.2 Å². The normalized spacial score (nSPS) is 13.9. The number of hydrogen-bond donors (Lipinski definition) is 1. The number of amides is 1. The molecular weight excluding hydrogens is 356 g/mol. The summed E-state index contributed by atoms with van der Waals surface area (Å²) in [6.07, 6.45) is 3.25. The summed E-state index contributed by atoms with van der Waals surface area (Å²) in [7, 11) is 0. The summed E-state index contributed by atoms with van der Waals surface area (Å²) in [4.78, 5) is 27.6. The van der Waals surface area contributed by atoms with E-state index < -0.39 is 12.0 Å². The number of rotatable bonds is 5. The van der Waals surface area contributed by atoms with Crippen LogP contribution in [0.5, 0.6) is 11.5 Å². The van der Waals surface area contributed by atoms with Crippen LogP contribution in [-0.2, 0) is 0 Å². The maximum absolute atomic E-state index is 12.0. The number of ketones is 1. The molecule has 2 heterocycles. The third kappa shape index (κ3) is 3.57. The molecular formula is C22H18N2O4. The average molecular weight is 374 g/mol. The van der Waals surface area contributed by atoms with Crippen LogP contribution in [0.3, 0.4) is 0 Å². The van der Waals surface area contributed by atoms with Gasteiger partial charge in [-0.15, -0.1) is 0 Å². The molecule has 2 N–H and O–H groups in total. The van der Waals surface area contributed by atoms with E-state index in [0.29, 0.717) is 35.7 Å². The van der Waals surface area contributed by atoms with Crippen molar-refractivity contribution in [1.82, 2.24) is 4.98 Å². The minimum absolute atomic E-state index is 0.0626. The molecule has 0 fully saturated rings. The molecule has 3 aromatic rings. The molecule has 0 radical (unpaired) electrons. The van der Waals surface area contributed by atoms with Gasteiger partial charge in [0, 0.05) is 30.4 Å². The van der Waals surface area contributed by atoms with Gasteiger partial charge in [-0.05, 0) is 47.5 Å². The Labute approximate surface area is 161 Å². The van der Waals surface area contributed by atoms with Gasteiger partial charge in [0.1, 0.15) is 17.6 Å². The molecule has 0 bridgehead atoms. The maximum Gasteiger partial charge on any atom is 0.248 e. The van der Waals surface area contributed by atoms with Gasteiger partial charge in [-0.25, -0.2) is 0 Å². The van der Waals surface area contributed by atoms with Crippen LogP contribution in [-0.4, -0.2) is 23.3 Å². The molecule has 0 saturated carbocycles. The molecule has 6 nitrogen and oxygen atoms in total. The number of carbonyl (C=O) groups excluding carboxylic acids is 2. The molecule has 4 rings (SSSR count). The Morgan fingerprint density at radius 2 is 1.89 bits per heavy atom. The number of aromatic nitrogens is 1. The molecule has 1 aliphatic rings. The number of carbonyl (C=O) groups is 2. The topological polar surface area (TPSA) is 91.5 Å². The lowest BCUT2D eigenvalue weighted by Gasteiger charge is -2.22. The van der Waals surface area contributed by atoms with Crippen LogP contribution in [0.2, 0.25) is 0 Å². The van der Waals surface area contributed by atoms with Crippen molar-refractivity contribution in [2.24, 2.45) is 5.73 Å². The van der Waals surface area contributed by atoms with Crippen LogP contribution >= 0.6 is 0 Å². The van der Waals surface area contributed by atoms with E-state index in [0.717, 1.165) is 11.1 Å². The van der Waals surface area contributed by atoms with Gasteiger partial charge in [-0.2, -0.15) is 0 Å². The highest BCUT2D eigenvalue weighted by atomic mass is 16.5. The molecule has 0 spiro atoms. The number of benzene rings is 2. The first-order valence-electron chi connectivity index (χ1n) is 8.88. The first kappa shape index (κ1) is 17.7. The minimum atomic E-state index is -0.504. The van der Waals surface area contributed by atoms with Crippen LogP contribution in [0.4, 0.5) is 0 Å². The Kier molecular flexibility index (Phi) is 4.76. The maximum atomic E-state index is 12.0. The van der Waals surface area contributed by atoms with Gasteiger partial charge in [0.2, 0.25) is 5.91 Å². The third-order valence-corrected chi connectivity index (χ3v) is 4.58. The molecule has 1 amide bonds. The van der Waals surface area contributed by atoms with E-state index in [1.165, 1.54) is 0 Å². The van der Waals surface area contributed by atoms with Gasteiger partial charge >= 0.3 is 0 Å². The highest BCUT2D eigenvalue weighted by molar-refractivity contribution is 5.99. The second-order valence-corrected chi connectivity index (χ2v) is 6.45. The summed E-state index contributed by atoms with van der Waals surface area (Å²) >= 11 is 0. The number of Topliss-reactive ketones (excluding diaryl/α,β-unsaturated/α-hetero) is 1. The molecule has 28 heavy (non-hydrogen) atoms. The Hall–Kier alpha value is -3.67. The summed E-state index contributed by atoms with van der Waals surface area (Å²) in [5.41, 5.74) is 8.03. The van der Waals surface area contributed by atoms with Crippen LogP contribution in [0.15, 0.2) is 67.0 Å². The van der Waals surface area contributed by atoms with Gasteiger partial charge < -0.3 is 15.2 Å². The molecule has 0 saturated heterocycles. The van der Waals surface area contributed by atoms with Crippen molar-refractivity contribution >= 4 is 11.7 Å². The predicted molar refractivity (Wildman–Crippen MR) is 103 cm³/mol. The molecule has 2 aromatic carbocycles. The van der Waals surface area contributed by atoms with Gasteiger partial charge in [-0.3, -0.25) is 14.6 Å². The number of nitrogens with two attached hydrogens (primary N) is 1. The number of hydrogen-bond acceptors (Lipinski definition) is 5. The average Bonchev–Trinajstić information content (AvgIpc) is 2.73. The number of ether oxygens (including phenoxy) is 2. The third-order valence-electron chi connectivity index (χ3n) is 4.58. The van der Waals surface area contributed by atoms with E-state index >= 15 is 0 Å². The van der Waals surface area contributed by atoms with E-state index in [1.54, 1.807) is 48.8 Å². The van der Waals surface area contributed by atoms with Crippen LogP contribution < -0.4 is 15.2 Å². The Morgan fingerprint density at radius 3 is 2.68 bits per heavy atom. The molecule has 1 unspecified atom stereocenters. The largest absolute Gasteiger partial charge is 0.492 e. The second-order valence-electron chi connectivity index (χ2n) is 6.45. The highest BCUT2D eigenvalue weighted by Crippen LogP contribution is 2.33. The van der Waals surface area contributed by atoms with Crippen LogP contribution in [0.25, 0.3) is 0 Å². The van der Waals surface area contributed by atoms with E-state index in [2.05, 4.69) is 4.98 Å². The lowest BCUT2D eigenvalue weighted by atomic mass is 10.00. The van der Waals surface area contributed by atoms with Crippen molar-refractivity contribution in [3.8, 4) is 11.5 Å². The van der Waals surface area contributed by atoms with Crippen molar-refractivity contribution in [2.75, 3.05) is 6.61 Å². The SMILES string of the molecule is NC(=O)c1cccc(C(Oc2ccc3c(c2)OCCC3=O)c2ccncc2)c1. The highest BCUT2D eigenvalue weighted by Gasteiger charge is 2.21. The smallest absolute Gasteiger partial charge is 0.248 e. The summed E-state index contributed by atoms with van der Waals surface area (Å²) in [6.45, 7) is 0.365.